The quantitative estimate of drug-likeness (QED) is 0.154. The fourth-order valence-electron chi connectivity index (χ4n) is 12.6. The Morgan fingerprint density at radius 2 is 0.910 bits per heavy atom. The van der Waals surface area contributed by atoms with Gasteiger partial charge in [0.2, 0.25) is 0 Å². The third-order valence-electron chi connectivity index (χ3n) is 17.7. The summed E-state index contributed by atoms with van der Waals surface area (Å²) in [4.78, 5) is 11.6. The van der Waals surface area contributed by atoms with Crippen molar-refractivity contribution in [2.45, 2.75) is 131 Å². The SMILES string of the molecule is CC(C)(C)c1cc(-c2cccc3c2nc(-c2cc(C(C)(C)C)cc(C(C)(C)C)c2O)n3-c2ccc(C(C)(C)C)cc2-c2ccccc2)[c-]c(-c2nc3ccc4c5ccc(C(C)(C)C)cc5oc4c3n2-c2c(-c3ccccc3)cccc2-c2ccccc2)c1.[Pt]. The van der Waals surface area contributed by atoms with Crippen LogP contribution in [0.25, 0.3) is 123 Å². The summed E-state index contributed by atoms with van der Waals surface area (Å²) in [6.07, 6.45) is 0. The van der Waals surface area contributed by atoms with Crippen LogP contribution in [0.3, 0.4) is 0 Å². The van der Waals surface area contributed by atoms with Gasteiger partial charge in [-0.1, -0.05) is 261 Å². The molecule has 3 aromatic heterocycles. The van der Waals surface area contributed by atoms with Crippen molar-refractivity contribution in [1.29, 1.82) is 0 Å². The molecule has 0 aliphatic carbocycles. The van der Waals surface area contributed by atoms with E-state index >= 15 is 0 Å². The zero-order valence-electron chi connectivity index (χ0n) is 54.0. The molecular weight excluding hydrogens is 1270 g/mol. The molecule has 3 heterocycles. The van der Waals surface area contributed by atoms with Crippen molar-refractivity contribution in [3.05, 3.63) is 234 Å². The number of hydrogen-bond donors (Lipinski definition) is 1. The largest absolute Gasteiger partial charge is 0.507 e. The molecule has 0 unspecified atom stereocenters. The van der Waals surface area contributed by atoms with Crippen molar-refractivity contribution >= 4 is 44.0 Å². The number of phenolic OH excluding ortho intramolecular Hbond substituents is 1. The minimum absolute atomic E-state index is 0. The van der Waals surface area contributed by atoms with Gasteiger partial charge in [-0.3, -0.25) is 9.55 Å². The van der Waals surface area contributed by atoms with Gasteiger partial charge in [0.15, 0.2) is 5.58 Å². The summed E-state index contributed by atoms with van der Waals surface area (Å²) in [6, 6.07) is 76.1. The summed E-state index contributed by atoms with van der Waals surface area (Å²) < 4.78 is 11.9. The summed E-state index contributed by atoms with van der Waals surface area (Å²) in [5.41, 5.74) is 21.1. The Bertz CT molecular complexity index is 4800. The molecule has 0 amide bonds. The van der Waals surface area contributed by atoms with E-state index < -0.39 is 0 Å². The monoisotopic (exact) mass is 1350 g/mol. The second-order valence-corrected chi connectivity index (χ2v) is 29.2. The molecule has 13 aromatic rings. The average molecular weight is 1350 g/mol. The number of rotatable bonds is 8. The number of nitrogens with zero attached hydrogens (tertiary/aromatic N) is 4. The number of para-hydroxylation sites is 2. The second-order valence-electron chi connectivity index (χ2n) is 29.2. The van der Waals surface area contributed by atoms with E-state index in [-0.39, 0.29) is 53.9 Å². The van der Waals surface area contributed by atoms with Gasteiger partial charge in [-0.2, -0.15) is 0 Å². The number of aromatic nitrogens is 4. The van der Waals surface area contributed by atoms with Gasteiger partial charge in [-0.15, -0.1) is 29.3 Å². The van der Waals surface area contributed by atoms with Gasteiger partial charge in [0, 0.05) is 54.1 Å². The average Bonchev–Trinajstić information content (AvgIpc) is 1.61. The normalized spacial score (nSPS) is 12.6. The van der Waals surface area contributed by atoms with Crippen LogP contribution >= 0.6 is 0 Å². The number of fused-ring (bicyclic) bond motifs is 6. The number of hydrogen-bond acceptors (Lipinski definition) is 4. The number of imidazole rings is 2. The van der Waals surface area contributed by atoms with E-state index in [0.717, 1.165) is 128 Å². The van der Waals surface area contributed by atoms with E-state index in [1.54, 1.807) is 0 Å². The maximum atomic E-state index is 12.9. The van der Waals surface area contributed by atoms with Gasteiger partial charge in [0.25, 0.3) is 0 Å². The number of aromatic hydroxyl groups is 1. The van der Waals surface area contributed by atoms with E-state index in [2.05, 4.69) is 319 Å². The van der Waals surface area contributed by atoms with Crippen molar-refractivity contribution in [2.24, 2.45) is 0 Å². The standard InChI is InChI=1S/C82H79N4O2.Pt/c1-78(2,3)55-38-42-68(64(46-55)52-31-23-18-24-32-52)85-69-36-26-33-59(71(69)84-77(85)65-47-58(81(10,11)12)48-66(74(65)87)82(13,14)15)53-43-54(45-57(44-53)80(7,8)9)76-83-67-41-40-63-62-39-37-56(79(4,5)6)49-70(62)88-75(63)73(67)86(76)72-60(50-27-19-16-20-28-50)34-25-35-61(72)51-29-21-17-22-30-51;/h16-42,44-49,87H,1-15H3;/q-1;. The molecule has 0 aliphatic rings. The third kappa shape index (κ3) is 11.0. The molecule has 0 saturated carbocycles. The molecule has 89 heavy (non-hydrogen) atoms. The first kappa shape index (κ1) is 60.7. The first-order valence-corrected chi connectivity index (χ1v) is 31.0. The zero-order valence-corrected chi connectivity index (χ0v) is 56.3. The van der Waals surface area contributed by atoms with Crippen molar-refractivity contribution in [3.8, 4) is 84.4 Å². The zero-order chi connectivity index (χ0) is 62.0. The fourth-order valence-corrected chi connectivity index (χ4v) is 12.6. The minimum atomic E-state index is -0.379. The van der Waals surface area contributed by atoms with E-state index in [9.17, 15) is 5.11 Å². The van der Waals surface area contributed by atoms with Crippen molar-refractivity contribution in [3.63, 3.8) is 0 Å². The van der Waals surface area contributed by atoms with Crippen molar-refractivity contribution in [1.82, 2.24) is 19.1 Å². The number of benzene rings is 10. The van der Waals surface area contributed by atoms with E-state index in [1.807, 2.05) is 0 Å². The maximum absolute atomic E-state index is 12.9. The Hall–Kier alpha value is -8.57. The molecule has 0 bridgehead atoms. The summed E-state index contributed by atoms with van der Waals surface area (Å²) in [5, 5.41) is 15.0. The molecule has 13 rings (SSSR count). The van der Waals surface area contributed by atoms with Gasteiger partial charge >= 0.3 is 0 Å². The second kappa shape index (κ2) is 22.2. The molecule has 0 fully saturated rings. The molecule has 10 aromatic carbocycles. The van der Waals surface area contributed by atoms with Crippen molar-refractivity contribution in [2.75, 3.05) is 0 Å². The van der Waals surface area contributed by atoms with E-state index in [0.29, 0.717) is 11.4 Å². The topological polar surface area (TPSA) is 69.0 Å². The molecule has 7 heteroatoms. The Morgan fingerprint density at radius 1 is 0.404 bits per heavy atom. The number of phenols is 1. The van der Waals surface area contributed by atoms with Gasteiger partial charge in [-0.05, 0) is 103 Å². The predicted molar refractivity (Wildman–Crippen MR) is 370 cm³/mol. The van der Waals surface area contributed by atoms with Gasteiger partial charge in [0.05, 0.1) is 39.3 Å². The summed E-state index contributed by atoms with van der Waals surface area (Å²) in [5.74, 6) is 1.61. The third-order valence-corrected chi connectivity index (χ3v) is 17.7. The molecule has 6 nitrogen and oxygen atoms in total. The molecule has 0 atom stereocenters. The number of furan rings is 1. The van der Waals surface area contributed by atoms with Crippen LogP contribution in [0.2, 0.25) is 0 Å². The van der Waals surface area contributed by atoms with Gasteiger partial charge in [-0.25, -0.2) is 4.98 Å². The van der Waals surface area contributed by atoms with Crippen LogP contribution < -0.4 is 0 Å². The van der Waals surface area contributed by atoms with Crippen LogP contribution in [0, 0.1) is 6.07 Å². The molecule has 0 spiro atoms. The van der Waals surface area contributed by atoms with Crippen LogP contribution in [0.4, 0.5) is 0 Å². The molecular formula is C82H79N4O2Pt-. The van der Waals surface area contributed by atoms with Crippen LogP contribution in [0.5, 0.6) is 5.75 Å². The van der Waals surface area contributed by atoms with E-state index in [4.69, 9.17) is 14.4 Å². The molecule has 0 aliphatic heterocycles. The minimum Gasteiger partial charge on any atom is -0.507 e. The fraction of sp³-hybridized carbons (Fsp3) is 0.244. The Labute approximate surface area is 539 Å². The van der Waals surface area contributed by atoms with Crippen molar-refractivity contribution < 1.29 is 30.6 Å². The van der Waals surface area contributed by atoms with Gasteiger partial charge in [0.1, 0.15) is 22.7 Å². The Morgan fingerprint density at radius 3 is 1.49 bits per heavy atom. The van der Waals surface area contributed by atoms with E-state index in [1.165, 1.54) is 11.1 Å². The van der Waals surface area contributed by atoms with Crippen LogP contribution in [-0.2, 0) is 48.1 Å². The molecule has 0 radical (unpaired) electrons. The van der Waals surface area contributed by atoms with Crippen LogP contribution in [0.15, 0.2) is 205 Å². The Balaban J connectivity index is 0.00000769. The molecule has 0 saturated heterocycles. The molecule has 1 N–H and O–H groups in total. The first-order valence-electron chi connectivity index (χ1n) is 31.0. The Kier molecular flexibility index (Phi) is 15.1. The van der Waals surface area contributed by atoms with Crippen LogP contribution in [0.1, 0.15) is 132 Å². The summed E-state index contributed by atoms with van der Waals surface area (Å²) >= 11 is 0. The van der Waals surface area contributed by atoms with Gasteiger partial charge < -0.3 is 14.1 Å². The maximum Gasteiger partial charge on any atom is 0.161 e. The first-order chi connectivity index (χ1) is 41.7. The predicted octanol–water partition coefficient (Wildman–Crippen LogP) is 22.3. The smallest absolute Gasteiger partial charge is 0.161 e. The summed E-state index contributed by atoms with van der Waals surface area (Å²) in [7, 11) is 0. The summed E-state index contributed by atoms with van der Waals surface area (Å²) in [6.45, 7) is 33.6. The molecule has 450 valence electrons. The van der Waals surface area contributed by atoms with Crippen LogP contribution in [-0.4, -0.2) is 24.2 Å².